The Hall–Kier alpha value is -1.59. The molecule has 0 aliphatic rings. The smallest absolute Gasteiger partial charge is 0.147 e. The molecule has 0 aliphatic carbocycles. The molecule has 17 heavy (non-hydrogen) atoms. The zero-order valence-electron chi connectivity index (χ0n) is 8.28. The van der Waals surface area contributed by atoms with Gasteiger partial charge in [0.25, 0.3) is 0 Å². The van der Waals surface area contributed by atoms with Crippen LogP contribution in [-0.4, -0.2) is 0 Å². The van der Waals surface area contributed by atoms with Gasteiger partial charge in [-0.1, -0.05) is 23.2 Å². The molecule has 0 saturated carbocycles. The Kier molecular flexibility index (Phi) is 4.93. The second-order valence-electron chi connectivity index (χ2n) is 2.79. The number of hydrogen-bond acceptors (Lipinski definition) is 4. The fourth-order valence-electron chi connectivity index (χ4n) is 0.892. The van der Waals surface area contributed by atoms with E-state index in [0.29, 0.717) is 15.7 Å². The van der Waals surface area contributed by atoms with Gasteiger partial charge in [0.05, 0.1) is 15.7 Å². The van der Waals surface area contributed by atoms with Crippen molar-refractivity contribution in [1.29, 1.82) is 10.5 Å². The third kappa shape index (κ3) is 3.72. The van der Waals surface area contributed by atoms with Gasteiger partial charge in [0.15, 0.2) is 0 Å². The fraction of sp³-hybridized carbons (Fsp3) is 0. The summed E-state index contributed by atoms with van der Waals surface area (Å²) in [6.45, 7) is 0. The normalized spacial score (nSPS) is 8.76. The van der Waals surface area contributed by atoms with Crippen LogP contribution in [0.1, 0.15) is 0 Å². The molecule has 0 bridgehead atoms. The molecule has 0 atom stereocenters. The summed E-state index contributed by atoms with van der Waals surface area (Å²) in [5.74, 6) is 0. The fourth-order valence-corrected chi connectivity index (χ4v) is 1.34. The summed E-state index contributed by atoms with van der Waals surface area (Å²) in [4.78, 5) is 0. The van der Waals surface area contributed by atoms with Crippen molar-refractivity contribution in [3.63, 3.8) is 0 Å². The highest BCUT2D eigenvalue weighted by atomic mass is 35.5. The van der Waals surface area contributed by atoms with Gasteiger partial charge in [-0.3, -0.25) is 5.43 Å². The molecule has 0 spiro atoms. The molecule has 0 radical (unpaired) electrons. The van der Waals surface area contributed by atoms with Crippen molar-refractivity contribution >= 4 is 40.7 Å². The van der Waals surface area contributed by atoms with Crippen molar-refractivity contribution in [2.75, 3.05) is 4.53 Å². The number of rotatable bonds is 3. The predicted molar refractivity (Wildman–Crippen MR) is 67.2 cm³/mol. The molecule has 7 heteroatoms. The first kappa shape index (κ1) is 13.5. The molecule has 0 heterocycles. The minimum absolute atomic E-state index is 0.101. The van der Waals surface area contributed by atoms with Gasteiger partial charge in [-0.2, -0.15) is 15.1 Å². The number of benzene rings is 1. The van der Waals surface area contributed by atoms with Crippen molar-refractivity contribution in [3.8, 4) is 12.1 Å². The summed E-state index contributed by atoms with van der Waals surface area (Å²) in [6, 6.07) is 8.11. The lowest BCUT2D eigenvalue weighted by molar-refractivity contribution is 0.946. The highest BCUT2D eigenvalue weighted by Crippen LogP contribution is 2.27. The molecule has 0 amide bonds. The van der Waals surface area contributed by atoms with E-state index in [0.717, 1.165) is 4.53 Å². The topological polar surface area (TPSA) is 62.9 Å². The Morgan fingerprint density at radius 2 is 1.88 bits per heavy atom. The van der Waals surface area contributed by atoms with E-state index in [9.17, 15) is 0 Å². The van der Waals surface area contributed by atoms with Crippen molar-refractivity contribution < 1.29 is 0 Å². The third-order valence-electron chi connectivity index (χ3n) is 1.69. The maximum absolute atomic E-state index is 8.51. The maximum Gasteiger partial charge on any atom is 0.147 e. The minimum Gasteiger partial charge on any atom is -0.289 e. The summed E-state index contributed by atoms with van der Waals surface area (Å²) in [5, 5.41) is 17.8. The lowest BCUT2D eigenvalue weighted by Crippen LogP contribution is -2.24. The van der Waals surface area contributed by atoms with E-state index < -0.39 is 0 Å². The second kappa shape index (κ2) is 6.22. The van der Waals surface area contributed by atoms with Gasteiger partial charge in [-0.15, -0.1) is 0 Å². The largest absolute Gasteiger partial charge is 0.289 e. The summed E-state index contributed by atoms with van der Waals surface area (Å²) in [5.41, 5.74) is 2.96. The Balaban J connectivity index is 2.81. The molecule has 0 unspecified atom stereocenters. The first-order valence-corrected chi connectivity index (χ1v) is 5.35. The average Bonchev–Trinajstić information content (AvgIpc) is 2.33. The SMILES string of the molecule is N#CC(C#N)=CNN(Cl)c1ccc(Cl)c(Cl)c1. The molecule has 0 fully saturated rings. The summed E-state index contributed by atoms with van der Waals surface area (Å²) < 4.78 is 1.08. The van der Waals surface area contributed by atoms with Gasteiger partial charge in [0.1, 0.15) is 17.7 Å². The number of nitriles is 2. The number of nitrogens with one attached hydrogen (secondary N) is 1. The minimum atomic E-state index is -0.101. The molecule has 0 saturated heterocycles. The molecule has 1 aromatic carbocycles. The van der Waals surface area contributed by atoms with Crippen molar-refractivity contribution in [2.45, 2.75) is 0 Å². The Morgan fingerprint density at radius 1 is 1.24 bits per heavy atom. The number of hydrogen-bond donors (Lipinski definition) is 1. The van der Waals surface area contributed by atoms with Crippen LogP contribution in [0.15, 0.2) is 30.0 Å². The van der Waals surface area contributed by atoms with E-state index in [4.69, 9.17) is 45.5 Å². The molecule has 1 rings (SSSR count). The average molecular weight is 288 g/mol. The van der Waals surface area contributed by atoms with E-state index >= 15 is 0 Å². The van der Waals surface area contributed by atoms with Crippen LogP contribution in [0, 0.1) is 22.7 Å². The van der Waals surface area contributed by atoms with Crippen LogP contribution >= 0.6 is 35.0 Å². The van der Waals surface area contributed by atoms with E-state index in [1.54, 1.807) is 24.3 Å². The van der Waals surface area contributed by atoms with Gasteiger partial charge in [0, 0.05) is 18.0 Å². The third-order valence-corrected chi connectivity index (χ3v) is 2.72. The second-order valence-corrected chi connectivity index (χ2v) is 3.94. The van der Waals surface area contributed by atoms with Crippen LogP contribution in [0.2, 0.25) is 10.0 Å². The molecule has 1 N–H and O–H groups in total. The number of nitrogens with zero attached hydrogens (tertiary/aromatic N) is 3. The van der Waals surface area contributed by atoms with Crippen LogP contribution in [0.4, 0.5) is 5.69 Å². The molecular formula is C10H5Cl3N4. The van der Waals surface area contributed by atoms with Crippen LogP contribution in [0.3, 0.4) is 0 Å². The van der Waals surface area contributed by atoms with Crippen LogP contribution < -0.4 is 9.95 Å². The Labute approximate surface area is 113 Å². The van der Waals surface area contributed by atoms with Crippen LogP contribution in [-0.2, 0) is 0 Å². The number of hydrazine groups is 1. The molecule has 1 aromatic rings. The predicted octanol–water partition coefficient (Wildman–Crippen LogP) is 3.39. The number of halogens is 3. The quantitative estimate of drug-likeness (QED) is 0.526. The van der Waals surface area contributed by atoms with Gasteiger partial charge in [-0.25, -0.2) is 0 Å². The number of allylic oxidation sites excluding steroid dienone is 1. The number of anilines is 1. The Morgan fingerprint density at radius 3 is 2.41 bits per heavy atom. The first-order chi connectivity index (χ1) is 8.08. The summed E-state index contributed by atoms with van der Waals surface area (Å²) in [6.07, 6.45) is 1.18. The molecular weight excluding hydrogens is 282 g/mol. The zero-order chi connectivity index (χ0) is 12.8. The lowest BCUT2D eigenvalue weighted by atomic mass is 10.3. The standard InChI is InChI=1S/C10H5Cl3N4/c11-9-2-1-8(3-10(9)12)17(13)16-6-7(4-14)5-15/h1-3,6,16H. The van der Waals surface area contributed by atoms with Crippen molar-refractivity contribution in [1.82, 2.24) is 5.43 Å². The molecule has 0 aliphatic heterocycles. The highest BCUT2D eigenvalue weighted by Gasteiger charge is 2.05. The van der Waals surface area contributed by atoms with Crippen molar-refractivity contribution in [2.24, 2.45) is 0 Å². The van der Waals surface area contributed by atoms with Crippen LogP contribution in [0.25, 0.3) is 0 Å². The maximum atomic E-state index is 8.51. The van der Waals surface area contributed by atoms with E-state index in [2.05, 4.69) is 5.43 Å². The Bertz CT molecular complexity index is 511. The lowest BCUT2D eigenvalue weighted by Gasteiger charge is -2.15. The van der Waals surface area contributed by atoms with E-state index in [-0.39, 0.29) is 5.57 Å². The van der Waals surface area contributed by atoms with Gasteiger partial charge in [-0.05, 0) is 18.2 Å². The monoisotopic (exact) mass is 286 g/mol. The zero-order valence-corrected chi connectivity index (χ0v) is 10.6. The summed E-state index contributed by atoms with van der Waals surface area (Å²) >= 11 is 17.4. The van der Waals surface area contributed by atoms with E-state index in [1.807, 2.05) is 0 Å². The molecule has 86 valence electrons. The van der Waals surface area contributed by atoms with Gasteiger partial charge < -0.3 is 0 Å². The molecule has 4 nitrogen and oxygen atoms in total. The van der Waals surface area contributed by atoms with Crippen LogP contribution in [0.5, 0.6) is 0 Å². The highest BCUT2D eigenvalue weighted by molar-refractivity contribution is 6.42. The van der Waals surface area contributed by atoms with Gasteiger partial charge >= 0.3 is 0 Å². The first-order valence-electron chi connectivity index (χ1n) is 4.26. The van der Waals surface area contributed by atoms with Crippen molar-refractivity contribution in [3.05, 3.63) is 40.0 Å². The van der Waals surface area contributed by atoms with E-state index in [1.165, 1.54) is 12.3 Å². The van der Waals surface area contributed by atoms with Gasteiger partial charge in [0.2, 0.25) is 0 Å². The molecule has 0 aromatic heterocycles. The summed E-state index contributed by atoms with van der Waals surface area (Å²) in [7, 11) is 0.